The molecule has 0 aliphatic rings. The number of carbonyl (C=O) groups excluding carboxylic acids is 10. The third-order valence-electron chi connectivity index (χ3n) is 18.4. The highest BCUT2D eigenvalue weighted by atomic mass is 16.2. The van der Waals surface area contributed by atoms with Gasteiger partial charge >= 0.3 is 0 Å². The summed E-state index contributed by atoms with van der Waals surface area (Å²) in [5, 5.41) is 21.5. The number of carbonyl (C=O) groups is 10. The van der Waals surface area contributed by atoms with Gasteiger partial charge in [-0.2, -0.15) is 0 Å². The summed E-state index contributed by atoms with van der Waals surface area (Å²) in [6.45, 7) is 6.30. The van der Waals surface area contributed by atoms with Crippen LogP contribution in [0.25, 0.3) is 112 Å². The lowest BCUT2D eigenvalue weighted by molar-refractivity contribution is -0.139. The molecule has 0 aliphatic heterocycles. The van der Waals surface area contributed by atoms with Crippen molar-refractivity contribution in [3.05, 3.63) is 192 Å². The van der Waals surface area contributed by atoms with E-state index in [1.807, 2.05) is 104 Å². The van der Waals surface area contributed by atoms with Crippen LogP contribution in [0, 0.1) is 0 Å². The van der Waals surface area contributed by atoms with Crippen molar-refractivity contribution in [2.45, 2.75) is 51.9 Å². The Kier molecular flexibility index (Phi) is 23.3. The first kappa shape index (κ1) is 75.9. The minimum atomic E-state index is -1.21. The second-order valence-electron chi connectivity index (χ2n) is 26.9. The second-order valence-corrected chi connectivity index (χ2v) is 26.9. The van der Waals surface area contributed by atoms with Crippen LogP contribution in [-0.2, 0) is 28.8 Å². The van der Waals surface area contributed by atoms with Crippen LogP contribution in [0.5, 0.6) is 0 Å². The molecule has 562 valence electrons. The number of nitrogens with two attached hydrogens (primary N) is 2. The third kappa shape index (κ3) is 18.5. The van der Waals surface area contributed by atoms with Crippen LogP contribution in [-0.4, -0.2) is 199 Å². The van der Waals surface area contributed by atoms with Crippen molar-refractivity contribution in [2.75, 3.05) is 66.5 Å². The number of hydrogen-bond donors (Lipinski definition) is 14. The minimum absolute atomic E-state index is 0.0856. The quantitative estimate of drug-likeness (QED) is 0.0233. The van der Waals surface area contributed by atoms with E-state index in [1.54, 1.807) is 84.9 Å². The van der Waals surface area contributed by atoms with Gasteiger partial charge in [-0.1, -0.05) is 72.8 Å². The molecule has 30 nitrogen and oxygen atoms in total. The van der Waals surface area contributed by atoms with E-state index < -0.39 is 78.0 Å². The fraction of sp³-hybridized carbons (Fsp3) is 0.225. The number of aromatic amines is 4. The van der Waals surface area contributed by atoms with E-state index >= 15 is 0 Å². The highest BCUT2D eigenvalue weighted by Crippen LogP contribution is 2.32. The molecule has 16 N–H and O–H groups in total. The molecule has 8 aromatic carbocycles. The molecule has 0 aliphatic carbocycles. The number of benzene rings is 8. The number of nitrogens with one attached hydrogen (secondary N) is 12. The molecular formula is C80H82N20O10. The molecule has 12 aromatic rings. The Bertz CT molecular complexity index is 5470. The van der Waals surface area contributed by atoms with E-state index in [4.69, 9.17) is 31.4 Å². The molecule has 10 amide bonds. The number of imidazole rings is 4. The molecule has 30 heteroatoms. The molecule has 0 unspecified atom stereocenters. The topological polar surface area (TPSA) is 440 Å². The highest BCUT2D eigenvalue weighted by Gasteiger charge is 2.29. The van der Waals surface area contributed by atoms with E-state index in [-0.39, 0.29) is 44.5 Å². The first-order valence-corrected chi connectivity index (χ1v) is 35.6. The van der Waals surface area contributed by atoms with Crippen LogP contribution in [0.2, 0.25) is 0 Å². The number of primary amides is 2. The fourth-order valence-electron chi connectivity index (χ4n) is 12.2. The van der Waals surface area contributed by atoms with Gasteiger partial charge in [0.15, 0.2) is 0 Å². The largest absolute Gasteiger partial charge is 0.368 e. The smallest absolute Gasteiger partial charge is 0.251 e. The van der Waals surface area contributed by atoms with Crippen LogP contribution in [0.15, 0.2) is 170 Å². The van der Waals surface area contributed by atoms with Gasteiger partial charge in [0, 0.05) is 83.8 Å². The maximum atomic E-state index is 13.6. The van der Waals surface area contributed by atoms with Crippen LogP contribution < -0.4 is 54.0 Å². The number of fused-ring (bicyclic) bond motifs is 4. The first-order valence-electron chi connectivity index (χ1n) is 35.6. The van der Waals surface area contributed by atoms with E-state index in [0.29, 0.717) is 52.1 Å². The Hall–Kier alpha value is -13.7. The Labute approximate surface area is 630 Å². The van der Waals surface area contributed by atoms with Crippen LogP contribution in [0.3, 0.4) is 0 Å². The number of hydrogen-bond acceptors (Lipinski definition) is 16. The molecule has 0 saturated heterocycles. The van der Waals surface area contributed by atoms with Gasteiger partial charge in [0.25, 0.3) is 17.7 Å². The fourth-order valence-corrected chi connectivity index (χ4v) is 12.2. The Balaban J connectivity index is 0.531. The summed E-state index contributed by atoms with van der Waals surface area (Å²) in [4.78, 5) is 164. The minimum Gasteiger partial charge on any atom is -0.368 e. The van der Waals surface area contributed by atoms with Crippen molar-refractivity contribution in [3.8, 4) is 67.8 Å². The van der Waals surface area contributed by atoms with Crippen molar-refractivity contribution in [2.24, 2.45) is 11.5 Å². The molecule has 12 rings (SSSR count). The van der Waals surface area contributed by atoms with Crippen molar-refractivity contribution in [3.63, 3.8) is 0 Å². The number of rotatable bonds is 31. The van der Waals surface area contributed by atoms with Gasteiger partial charge in [-0.25, -0.2) is 19.9 Å². The van der Waals surface area contributed by atoms with E-state index in [2.05, 4.69) is 62.5 Å². The summed E-state index contributed by atoms with van der Waals surface area (Å²) in [6, 6.07) is 47.1. The van der Waals surface area contributed by atoms with Crippen molar-refractivity contribution in [1.82, 2.24) is 92.2 Å². The molecule has 4 heterocycles. The van der Waals surface area contributed by atoms with Crippen LogP contribution >= 0.6 is 0 Å². The molecule has 0 radical (unpaired) electrons. The summed E-state index contributed by atoms with van der Waals surface area (Å²) >= 11 is 0. The first-order chi connectivity index (χ1) is 52.9. The number of H-pyrrole nitrogens is 4. The average molecular weight is 1480 g/mol. The van der Waals surface area contributed by atoms with E-state index in [9.17, 15) is 47.9 Å². The van der Waals surface area contributed by atoms with Crippen LogP contribution in [0.4, 0.5) is 0 Å². The standard InChI is InChI=1S/C80H82N20O10/c1-43(87-68(102)41-83-31-32-84-77(107)52-17-11-49(12-18-52)71-92-60-28-24-56(38-64(60)96-71)55-23-27-59-63(37-55)95-70(91-59)48-9-7-47(8-10-48)69(82)103)74(104)88-44(2)75(105)89-45(3)76(106)90-46(4)80(110)100(42-67(81)101)36-34-86-79(109)54-21-15-51(16-22-54)73-94-62-30-26-58(40-66(62)98-73)57-25-29-61-65(39-57)97-72(93-61)50-13-19-53(20-14-50)78(108)85-33-35-99(5)6/h7-30,37-40,43-46,83H,31-36,41-42H2,1-6H3,(H2,81,101)(H2,82,103)(H,84,107)(H,85,108)(H,86,109)(H,87,102)(H,88,104)(H,89,105)(H,90,106)(H,91,95)(H,92,96)(H,93,97)(H,94,98)/t43-,44-,45-,46-/m1/s1. The van der Waals surface area contributed by atoms with Crippen LogP contribution in [0.1, 0.15) is 69.1 Å². The molecule has 0 saturated carbocycles. The number of likely N-dealkylation sites (N-methyl/N-ethyl adjacent to an activating group) is 1. The molecule has 110 heavy (non-hydrogen) atoms. The van der Waals surface area contributed by atoms with E-state index in [0.717, 1.165) is 100 Å². The molecule has 0 fully saturated rings. The Morgan fingerprint density at radius 1 is 0.373 bits per heavy atom. The lowest BCUT2D eigenvalue weighted by atomic mass is 10.0. The molecular weight excluding hydrogens is 1400 g/mol. The SMILES string of the molecule is C[C@@H](NC(=O)CNCCNC(=O)c1ccc(-c2nc3cc(-c4ccc5[nH]c(-c6ccc(C(N)=O)cc6)nc5c4)ccc3[nH]2)cc1)C(=O)N[C@H](C)C(=O)N[C@H](C)C(=O)N[C@H](C)C(=O)N(CCNC(=O)c1ccc(-c2nc3cc(-c4ccc5[nH]c(-c6ccc(C(=O)NCCN(C)C)cc6)nc5c4)ccc3[nH]2)cc1)CC(N)=O. The number of aromatic nitrogens is 8. The summed E-state index contributed by atoms with van der Waals surface area (Å²) < 4.78 is 0. The summed E-state index contributed by atoms with van der Waals surface area (Å²) in [7, 11) is 3.90. The van der Waals surface area contributed by atoms with Gasteiger partial charge < -0.3 is 83.7 Å². The molecule has 0 spiro atoms. The lowest BCUT2D eigenvalue weighted by Gasteiger charge is -2.26. The van der Waals surface area contributed by atoms with Gasteiger partial charge in [-0.3, -0.25) is 47.9 Å². The molecule has 4 aromatic heterocycles. The maximum absolute atomic E-state index is 13.6. The van der Waals surface area contributed by atoms with Gasteiger partial charge in [0.05, 0.1) is 57.2 Å². The molecule has 4 atom stereocenters. The zero-order chi connectivity index (χ0) is 77.9. The predicted octanol–water partition coefficient (Wildman–Crippen LogP) is 5.67. The zero-order valence-corrected chi connectivity index (χ0v) is 61.1. The van der Waals surface area contributed by atoms with Crippen molar-refractivity contribution >= 4 is 103 Å². The van der Waals surface area contributed by atoms with Gasteiger partial charge in [0.1, 0.15) is 47.5 Å². The summed E-state index contributed by atoms with van der Waals surface area (Å²) in [6.07, 6.45) is 0. The lowest BCUT2D eigenvalue weighted by Crippen LogP contribution is -2.57. The van der Waals surface area contributed by atoms with Gasteiger partial charge in [-0.15, -0.1) is 0 Å². The number of nitrogens with zero attached hydrogens (tertiary/aromatic N) is 6. The second kappa shape index (κ2) is 33.8. The van der Waals surface area contributed by atoms with E-state index in [1.165, 1.54) is 27.7 Å². The van der Waals surface area contributed by atoms with Crippen molar-refractivity contribution in [1.29, 1.82) is 0 Å². The summed E-state index contributed by atoms with van der Waals surface area (Å²) in [5.41, 5.74) is 25.9. The molecule has 0 bridgehead atoms. The zero-order valence-electron chi connectivity index (χ0n) is 61.1. The third-order valence-corrected chi connectivity index (χ3v) is 18.4. The highest BCUT2D eigenvalue weighted by molar-refractivity contribution is 5.99. The average Bonchev–Trinajstić information content (AvgIpc) is 1.64. The Morgan fingerprint density at radius 2 is 0.682 bits per heavy atom. The maximum Gasteiger partial charge on any atom is 0.251 e. The predicted molar refractivity (Wildman–Crippen MR) is 417 cm³/mol. The number of amides is 10. The monoisotopic (exact) mass is 1480 g/mol. The normalized spacial score (nSPS) is 12.4. The van der Waals surface area contributed by atoms with Crippen molar-refractivity contribution < 1.29 is 47.9 Å². The van der Waals surface area contributed by atoms with Gasteiger partial charge in [-0.05, 0) is 161 Å². The summed E-state index contributed by atoms with van der Waals surface area (Å²) in [5.74, 6) is -3.14. The van der Waals surface area contributed by atoms with Gasteiger partial charge in [0.2, 0.25) is 41.4 Å². The Morgan fingerprint density at radius 3 is 1.02 bits per heavy atom.